The molecule has 3 aromatic carbocycles. The highest BCUT2D eigenvalue weighted by Gasteiger charge is 2.35. The highest BCUT2D eigenvalue weighted by Crippen LogP contribution is 2.36. The third-order valence-electron chi connectivity index (χ3n) is 7.90. The van der Waals surface area contributed by atoms with Crippen molar-refractivity contribution < 1.29 is 14.3 Å². The second-order valence-electron chi connectivity index (χ2n) is 11.2. The maximum Gasteiger partial charge on any atom is 0.338 e. The molecule has 0 unspecified atom stereocenters. The minimum atomic E-state index is -0.753. The zero-order valence-corrected chi connectivity index (χ0v) is 28.2. The van der Waals surface area contributed by atoms with E-state index in [1.807, 2.05) is 68.5 Å². The van der Waals surface area contributed by atoms with Gasteiger partial charge >= 0.3 is 5.97 Å². The van der Waals surface area contributed by atoms with Crippen molar-refractivity contribution in [3.05, 3.63) is 131 Å². The van der Waals surface area contributed by atoms with Gasteiger partial charge in [0.2, 0.25) is 0 Å². The number of hydrogen-bond acceptors (Lipinski definition) is 6. The normalized spacial score (nSPS) is 15.0. The Morgan fingerprint density at radius 3 is 2.49 bits per heavy atom. The maximum absolute atomic E-state index is 14.4. The molecule has 2 aromatic heterocycles. The number of esters is 1. The zero-order valence-electron chi connectivity index (χ0n) is 25.8. The summed E-state index contributed by atoms with van der Waals surface area (Å²) in [5.41, 5.74) is 5.65. The summed E-state index contributed by atoms with van der Waals surface area (Å²) in [6.45, 7) is 10.5. The molecule has 6 rings (SSSR count). The van der Waals surface area contributed by atoms with E-state index >= 15 is 0 Å². The molecule has 45 heavy (non-hydrogen) atoms. The van der Waals surface area contributed by atoms with E-state index in [4.69, 9.17) is 14.5 Å². The van der Waals surface area contributed by atoms with Crippen LogP contribution in [0.4, 0.5) is 0 Å². The maximum atomic E-state index is 14.4. The second kappa shape index (κ2) is 12.7. The zero-order chi connectivity index (χ0) is 31.8. The molecule has 0 N–H and O–H groups in total. The van der Waals surface area contributed by atoms with E-state index < -0.39 is 12.0 Å². The minimum absolute atomic E-state index is 0.101. The number of rotatable bonds is 8. The lowest BCUT2D eigenvalue weighted by Crippen LogP contribution is -2.40. The minimum Gasteiger partial charge on any atom is -0.491 e. The molecule has 0 amide bonds. The number of fused-ring (bicyclic) bond motifs is 2. The number of nitrogens with zero attached hydrogens (tertiary/aromatic N) is 3. The molecular weight excluding hydrogens is 650 g/mol. The molecule has 0 fully saturated rings. The summed E-state index contributed by atoms with van der Waals surface area (Å²) >= 11 is 4.85. The standard InChI is InChI=1S/C36H34BrN3O4S/c1-6-43-35(42)32-22(4)38-36-40(33(32)27-12-8-10-14-30(27)44-21(2)3)34(41)31(45-36)19-28-23(5)39(29-13-9-7-11-26(28)29)20-24-15-17-25(37)18-16-24/h7-19,21,33H,6,20H2,1-5H3/b31-19+/t33-/m1/s1. The van der Waals surface area contributed by atoms with Crippen LogP contribution in [0, 0.1) is 6.92 Å². The van der Waals surface area contributed by atoms with Gasteiger partial charge in [0.25, 0.3) is 5.56 Å². The lowest BCUT2D eigenvalue weighted by Gasteiger charge is -2.26. The van der Waals surface area contributed by atoms with E-state index in [0.717, 1.165) is 26.6 Å². The summed E-state index contributed by atoms with van der Waals surface area (Å²) in [4.78, 5) is 33.1. The van der Waals surface area contributed by atoms with Gasteiger partial charge in [-0.25, -0.2) is 9.79 Å². The van der Waals surface area contributed by atoms with Crippen LogP contribution in [0.5, 0.6) is 5.75 Å². The first kappa shape index (κ1) is 30.8. The van der Waals surface area contributed by atoms with Crippen LogP contribution < -0.4 is 19.6 Å². The lowest BCUT2D eigenvalue weighted by molar-refractivity contribution is -0.139. The molecule has 0 bridgehead atoms. The molecule has 0 spiro atoms. The van der Waals surface area contributed by atoms with Crippen molar-refractivity contribution in [1.82, 2.24) is 9.13 Å². The Balaban J connectivity index is 1.56. The van der Waals surface area contributed by atoms with Gasteiger partial charge in [-0.2, -0.15) is 0 Å². The number of carbonyl (C=O) groups excluding carboxylic acids is 1. The van der Waals surface area contributed by atoms with Gasteiger partial charge in [-0.15, -0.1) is 0 Å². The van der Waals surface area contributed by atoms with Crippen LogP contribution in [0.2, 0.25) is 0 Å². The van der Waals surface area contributed by atoms with Gasteiger partial charge in [0.15, 0.2) is 4.80 Å². The summed E-state index contributed by atoms with van der Waals surface area (Å²) in [5, 5.41) is 1.06. The number of allylic oxidation sites excluding steroid dienone is 1. The number of benzene rings is 3. The van der Waals surface area contributed by atoms with Gasteiger partial charge in [-0.1, -0.05) is 75.8 Å². The lowest BCUT2D eigenvalue weighted by atomic mass is 9.95. The van der Waals surface area contributed by atoms with E-state index in [0.29, 0.717) is 38.5 Å². The molecular formula is C36H34BrN3O4S. The molecule has 230 valence electrons. The first-order valence-electron chi connectivity index (χ1n) is 15.0. The Morgan fingerprint density at radius 1 is 1.04 bits per heavy atom. The fraction of sp³-hybridized carbons (Fsp3) is 0.250. The number of thiazole rings is 1. The Hall–Kier alpha value is -4.21. The van der Waals surface area contributed by atoms with E-state index in [2.05, 4.69) is 51.7 Å². The van der Waals surface area contributed by atoms with E-state index in [-0.39, 0.29) is 18.3 Å². The summed E-state index contributed by atoms with van der Waals surface area (Å²) < 4.78 is 17.1. The largest absolute Gasteiger partial charge is 0.491 e. The number of carbonyl (C=O) groups is 1. The number of hydrogen-bond donors (Lipinski definition) is 0. The fourth-order valence-corrected chi connectivity index (χ4v) is 7.19. The van der Waals surface area contributed by atoms with Crippen molar-refractivity contribution in [1.29, 1.82) is 0 Å². The Bertz CT molecular complexity index is 2140. The number of ether oxygens (including phenoxy) is 2. The SMILES string of the molecule is CCOC(=O)C1=C(C)N=c2s/c(=C/c3c(C)n(Cc4ccc(Br)cc4)c4ccccc34)c(=O)n2[C@@H]1c1ccccc1OC(C)C. The van der Waals surface area contributed by atoms with Crippen LogP contribution in [0.25, 0.3) is 17.0 Å². The topological polar surface area (TPSA) is 74.8 Å². The summed E-state index contributed by atoms with van der Waals surface area (Å²) in [6, 6.07) is 23.4. The smallest absolute Gasteiger partial charge is 0.338 e. The van der Waals surface area contributed by atoms with Gasteiger partial charge in [-0.05, 0) is 70.5 Å². The van der Waals surface area contributed by atoms with E-state index in [9.17, 15) is 9.59 Å². The highest BCUT2D eigenvalue weighted by molar-refractivity contribution is 9.10. The average molecular weight is 685 g/mol. The van der Waals surface area contributed by atoms with Crippen molar-refractivity contribution >= 4 is 50.2 Å². The van der Waals surface area contributed by atoms with Crippen LogP contribution in [0.1, 0.15) is 56.1 Å². The van der Waals surface area contributed by atoms with Gasteiger partial charge in [0.1, 0.15) is 11.8 Å². The molecule has 9 heteroatoms. The Kier molecular flexibility index (Phi) is 8.66. The van der Waals surface area contributed by atoms with E-state index in [1.165, 1.54) is 16.9 Å². The summed E-state index contributed by atoms with van der Waals surface area (Å²) in [5.74, 6) is 0.111. The molecule has 1 atom stereocenters. The molecule has 3 heterocycles. The van der Waals surface area contributed by atoms with Crippen LogP contribution in [0.15, 0.2) is 98.3 Å². The quantitative estimate of drug-likeness (QED) is 0.172. The van der Waals surface area contributed by atoms with Crippen LogP contribution in [-0.2, 0) is 16.1 Å². The molecule has 0 aliphatic carbocycles. The first-order chi connectivity index (χ1) is 21.7. The molecule has 0 saturated heterocycles. The van der Waals surface area contributed by atoms with Gasteiger partial charge in [-0.3, -0.25) is 9.36 Å². The Labute approximate surface area is 273 Å². The van der Waals surface area contributed by atoms with Crippen LogP contribution >= 0.6 is 27.3 Å². The van der Waals surface area contributed by atoms with Gasteiger partial charge < -0.3 is 14.0 Å². The number of aromatic nitrogens is 2. The summed E-state index contributed by atoms with van der Waals surface area (Å²) in [7, 11) is 0. The fourth-order valence-electron chi connectivity index (χ4n) is 5.90. The third-order valence-corrected chi connectivity index (χ3v) is 9.41. The van der Waals surface area contributed by atoms with Gasteiger partial charge in [0, 0.05) is 38.7 Å². The first-order valence-corrected chi connectivity index (χ1v) is 16.6. The van der Waals surface area contributed by atoms with Crippen molar-refractivity contribution in [2.75, 3.05) is 6.61 Å². The predicted molar refractivity (Wildman–Crippen MR) is 183 cm³/mol. The van der Waals surface area contributed by atoms with Crippen LogP contribution in [-0.4, -0.2) is 27.8 Å². The molecule has 1 aliphatic rings. The van der Waals surface area contributed by atoms with E-state index in [1.54, 1.807) is 18.4 Å². The average Bonchev–Trinajstić information content (AvgIpc) is 3.46. The van der Waals surface area contributed by atoms with Crippen molar-refractivity contribution in [3.63, 3.8) is 0 Å². The summed E-state index contributed by atoms with van der Waals surface area (Å²) in [6.07, 6.45) is 1.87. The Morgan fingerprint density at radius 2 is 1.76 bits per heavy atom. The predicted octanol–water partition coefficient (Wildman–Crippen LogP) is 6.66. The van der Waals surface area contributed by atoms with Gasteiger partial charge in [0.05, 0.1) is 28.5 Å². The van der Waals surface area contributed by atoms with Crippen LogP contribution in [0.3, 0.4) is 0 Å². The third kappa shape index (κ3) is 5.82. The molecule has 7 nitrogen and oxygen atoms in total. The number of para-hydroxylation sites is 2. The highest BCUT2D eigenvalue weighted by atomic mass is 79.9. The second-order valence-corrected chi connectivity index (χ2v) is 13.2. The number of halogens is 1. The molecule has 5 aromatic rings. The molecule has 0 saturated carbocycles. The van der Waals surface area contributed by atoms with Crippen molar-refractivity contribution in [3.8, 4) is 5.75 Å². The van der Waals surface area contributed by atoms with Crippen molar-refractivity contribution in [2.24, 2.45) is 4.99 Å². The van der Waals surface area contributed by atoms with Crippen molar-refractivity contribution in [2.45, 2.75) is 53.3 Å². The molecule has 0 radical (unpaired) electrons. The molecule has 1 aliphatic heterocycles. The monoisotopic (exact) mass is 683 g/mol.